The Kier molecular flexibility index (Phi) is 7.21. The Morgan fingerprint density at radius 1 is 1.09 bits per heavy atom. The molecule has 2 aromatic carbocycles. The van der Waals surface area contributed by atoms with Crippen LogP contribution < -0.4 is 14.8 Å². The highest BCUT2D eigenvalue weighted by Crippen LogP contribution is 2.44. The molecule has 1 fully saturated rings. The molecule has 1 aliphatic carbocycles. The molecule has 8 heteroatoms. The number of hydrogen-bond donors (Lipinski definition) is 1. The lowest BCUT2D eigenvalue weighted by Gasteiger charge is -2.39. The zero-order chi connectivity index (χ0) is 24.2. The maximum Gasteiger partial charge on any atom is 0.254 e. The predicted octanol–water partition coefficient (Wildman–Crippen LogP) is 5.53. The number of carbonyl (C=O) groups is 1. The minimum Gasteiger partial charge on any atom is -0.497 e. The Hall–Kier alpha value is -3.21. The first kappa shape index (κ1) is 24.4. The SMILES string of the molecule is COc1ccc(COc2c(F)cc(C(=O)NCC3(C)CCC(C)(C#N)CC3)c(F)c2F)cc1. The van der Waals surface area contributed by atoms with Crippen LogP contribution >= 0.6 is 0 Å². The van der Waals surface area contributed by atoms with Gasteiger partial charge < -0.3 is 14.8 Å². The van der Waals surface area contributed by atoms with Crippen LogP contribution in [0.4, 0.5) is 13.2 Å². The first-order valence-electron chi connectivity index (χ1n) is 10.7. The Bertz CT molecular complexity index is 1060. The molecule has 0 aromatic heterocycles. The molecule has 0 radical (unpaired) electrons. The second-order valence-electron chi connectivity index (χ2n) is 9.17. The van der Waals surface area contributed by atoms with Gasteiger partial charge >= 0.3 is 0 Å². The first-order valence-corrected chi connectivity index (χ1v) is 10.7. The van der Waals surface area contributed by atoms with Gasteiger partial charge in [0.25, 0.3) is 5.91 Å². The highest BCUT2D eigenvalue weighted by Gasteiger charge is 2.38. The number of hydrogen-bond acceptors (Lipinski definition) is 4. The van der Waals surface area contributed by atoms with Crippen LogP contribution in [0.2, 0.25) is 0 Å². The van der Waals surface area contributed by atoms with Crippen LogP contribution in [0.3, 0.4) is 0 Å². The van der Waals surface area contributed by atoms with Crippen LogP contribution in [-0.2, 0) is 6.61 Å². The highest BCUT2D eigenvalue weighted by molar-refractivity contribution is 5.94. The van der Waals surface area contributed by atoms with Gasteiger partial charge in [0.1, 0.15) is 12.4 Å². The van der Waals surface area contributed by atoms with Crippen molar-refractivity contribution < 1.29 is 27.4 Å². The van der Waals surface area contributed by atoms with Crippen LogP contribution in [-0.4, -0.2) is 19.6 Å². The summed E-state index contributed by atoms with van der Waals surface area (Å²) in [4.78, 5) is 12.5. The molecule has 1 amide bonds. The molecular formula is C25H27F3N2O3. The van der Waals surface area contributed by atoms with E-state index in [1.54, 1.807) is 24.3 Å². The Labute approximate surface area is 191 Å². The molecule has 0 aliphatic heterocycles. The normalized spacial score (nSPS) is 22.3. The number of nitriles is 1. The maximum atomic E-state index is 14.6. The molecule has 0 bridgehead atoms. The molecule has 3 rings (SSSR count). The third-order valence-electron chi connectivity index (χ3n) is 6.41. The van der Waals surface area contributed by atoms with Crippen LogP contribution in [0.15, 0.2) is 30.3 Å². The molecule has 1 N–H and O–H groups in total. The van der Waals surface area contributed by atoms with E-state index in [0.29, 0.717) is 43.1 Å². The van der Waals surface area contributed by atoms with Crippen LogP contribution in [0, 0.1) is 39.6 Å². The molecule has 176 valence electrons. The summed E-state index contributed by atoms with van der Waals surface area (Å²) in [5.74, 6) is -5.36. The standard InChI is InChI=1S/C25H27F3N2O3/c1-24(14-29)8-10-25(2,11-9-24)15-30-23(31)18-12-19(26)22(21(28)20(18)27)33-13-16-4-6-17(32-3)7-5-16/h4-7,12H,8-11,13,15H2,1-3H3,(H,30,31). The van der Waals surface area contributed by atoms with Crippen molar-refractivity contribution in [1.82, 2.24) is 5.32 Å². The van der Waals surface area contributed by atoms with Gasteiger partial charge in [0.05, 0.1) is 24.2 Å². The van der Waals surface area contributed by atoms with Gasteiger partial charge in [0.2, 0.25) is 5.82 Å². The van der Waals surface area contributed by atoms with Crippen molar-refractivity contribution in [3.8, 4) is 17.6 Å². The summed E-state index contributed by atoms with van der Waals surface area (Å²) in [7, 11) is 1.51. The predicted molar refractivity (Wildman–Crippen MR) is 116 cm³/mol. The monoisotopic (exact) mass is 460 g/mol. The number of nitrogens with one attached hydrogen (secondary N) is 1. The van der Waals surface area contributed by atoms with Crippen molar-refractivity contribution >= 4 is 5.91 Å². The van der Waals surface area contributed by atoms with Crippen molar-refractivity contribution in [3.63, 3.8) is 0 Å². The van der Waals surface area contributed by atoms with E-state index in [0.717, 1.165) is 0 Å². The number of amides is 1. The summed E-state index contributed by atoms with van der Waals surface area (Å²) in [5.41, 5.74) is -0.780. The Morgan fingerprint density at radius 3 is 2.30 bits per heavy atom. The van der Waals surface area contributed by atoms with E-state index >= 15 is 0 Å². The summed E-state index contributed by atoms with van der Waals surface area (Å²) in [6, 6.07) is 9.59. The average molecular weight is 460 g/mol. The summed E-state index contributed by atoms with van der Waals surface area (Å²) >= 11 is 0. The van der Waals surface area contributed by atoms with Crippen molar-refractivity contribution in [2.24, 2.45) is 10.8 Å². The summed E-state index contributed by atoms with van der Waals surface area (Å²) < 4.78 is 53.8. The van der Waals surface area contributed by atoms with Gasteiger partial charge in [-0.3, -0.25) is 4.79 Å². The number of carbonyl (C=O) groups excluding carboxylic acids is 1. The van der Waals surface area contributed by atoms with Crippen LogP contribution in [0.1, 0.15) is 55.5 Å². The molecule has 0 unspecified atom stereocenters. The van der Waals surface area contributed by atoms with E-state index in [1.807, 2.05) is 13.8 Å². The fraction of sp³-hybridized carbons (Fsp3) is 0.440. The lowest BCUT2D eigenvalue weighted by Crippen LogP contribution is -2.40. The molecular weight excluding hydrogens is 433 g/mol. The zero-order valence-electron chi connectivity index (χ0n) is 18.9. The highest BCUT2D eigenvalue weighted by atomic mass is 19.2. The van der Waals surface area contributed by atoms with Crippen molar-refractivity contribution in [3.05, 3.63) is 58.9 Å². The zero-order valence-corrected chi connectivity index (χ0v) is 18.9. The fourth-order valence-electron chi connectivity index (χ4n) is 3.84. The lowest BCUT2D eigenvalue weighted by atomic mass is 9.66. The molecule has 0 atom stereocenters. The Balaban J connectivity index is 1.66. The minimum absolute atomic E-state index is 0.192. The number of nitrogens with zero attached hydrogens (tertiary/aromatic N) is 1. The Morgan fingerprint density at radius 2 is 1.73 bits per heavy atom. The molecule has 1 aliphatic rings. The van der Waals surface area contributed by atoms with Crippen molar-refractivity contribution in [2.45, 2.75) is 46.1 Å². The lowest BCUT2D eigenvalue weighted by molar-refractivity contribution is 0.0885. The molecule has 0 heterocycles. The summed E-state index contributed by atoms with van der Waals surface area (Å²) in [6.45, 7) is 3.90. The van der Waals surface area contributed by atoms with Gasteiger partial charge in [0.15, 0.2) is 17.4 Å². The third-order valence-corrected chi connectivity index (χ3v) is 6.41. The second kappa shape index (κ2) is 9.74. The smallest absolute Gasteiger partial charge is 0.254 e. The molecule has 0 saturated heterocycles. The van der Waals surface area contributed by atoms with Crippen LogP contribution in [0.25, 0.3) is 0 Å². The third kappa shape index (κ3) is 5.59. The molecule has 5 nitrogen and oxygen atoms in total. The van der Waals surface area contributed by atoms with Crippen molar-refractivity contribution in [2.75, 3.05) is 13.7 Å². The molecule has 33 heavy (non-hydrogen) atoms. The maximum absolute atomic E-state index is 14.6. The molecule has 2 aromatic rings. The minimum atomic E-state index is -1.55. The van der Waals surface area contributed by atoms with E-state index in [9.17, 15) is 23.2 Å². The fourth-order valence-corrected chi connectivity index (χ4v) is 3.84. The summed E-state index contributed by atoms with van der Waals surface area (Å²) in [6.07, 6.45) is 2.79. The number of benzene rings is 2. The molecule has 1 saturated carbocycles. The average Bonchev–Trinajstić information content (AvgIpc) is 2.82. The number of halogens is 3. The van der Waals surface area contributed by atoms with E-state index in [1.165, 1.54) is 7.11 Å². The van der Waals surface area contributed by atoms with Gasteiger partial charge in [-0.05, 0) is 61.8 Å². The number of methoxy groups -OCH3 is 1. The van der Waals surface area contributed by atoms with E-state index in [-0.39, 0.29) is 24.0 Å². The van der Waals surface area contributed by atoms with Gasteiger partial charge in [0, 0.05) is 6.54 Å². The topological polar surface area (TPSA) is 71.3 Å². The van der Waals surface area contributed by atoms with Crippen molar-refractivity contribution in [1.29, 1.82) is 5.26 Å². The van der Waals surface area contributed by atoms with Gasteiger partial charge in [-0.25, -0.2) is 8.78 Å². The quantitative estimate of drug-likeness (QED) is 0.552. The molecule has 0 spiro atoms. The second-order valence-corrected chi connectivity index (χ2v) is 9.17. The van der Waals surface area contributed by atoms with Gasteiger partial charge in [-0.15, -0.1) is 0 Å². The summed E-state index contributed by atoms with van der Waals surface area (Å²) in [5, 5.41) is 11.9. The van der Waals surface area contributed by atoms with Gasteiger partial charge in [-0.2, -0.15) is 9.65 Å². The van der Waals surface area contributed by atoms with Gasteiger partial charge in [-0.1, -0.05) is 19.1 Å². The first-order chi connectivity index (χ1) is 15.6. The van der Waals surface area contributed by atoms with E-state index < -0.39 is 34.7 Å². The van der Waals surface area contributed by atoms with E-state index in [4.69, 9.17) is 9.47 Å². The largest absolute Gasteiger partial charge is 0.497 e. The van der Waals surface area contributed by atoms with E-state index in [2.05, 4.69) is 11.4 Å². The number of ether oxygens (including phenoxy) is 2. The number of rotatable bonds is 7. The van der Waals surface area contributed by atoms with Crippen LogP contribution in [0.5, 0.6) is 11.5 Å².